The number of nitro benzene ring substituents is 1. The standard InChI is InChI=1S/C15H11N3O2S/c19-18(20)13-8-4-7-12(9-13)17-15(21)10-14(16-17)11-5-2-1-3-6-11/h1-10,16H. The van der Waals surface area contributed by atoms with Crippen LogP contribution in [-0.4, -0.2) is 14.7 Å². The fourth-order valence-corrected chi connectivity index (χ4v) is 2.37. The van der Waals surface area contributed by atoms with E-state index in [-0.39, 0.29) is 5.69 Å². The molecule has 0 fully saturated rings. The summed E-state index contributed by atoms with van der Waals surface area (Å²) in [6, 6.07) is 17.9. The summed E-state index contributed by atoms with van der Waals surface area (Å²) in [6.07, 6.45) is 0. The third kappa shape index (κ3) is 2.61. The lowest BCUT2D eigenvalue weighted by atomic mass is 10.2. The Labute approximate surface area is 125 Å². The van der Waals surface area contributed by atoms with E-state index in [1.807, 2.05) is 36.4 Å². The van der Waals surface area contributed by atoms with Crippen molar-refractivity contribution in [2.45, 2.75) is 0 Å². The molecule has 0 amide bonds. The Morgan fingerprint density at radius 2 is 1.81 bits per heavy atom. The van der Waals surface area contributed by atoms with Crippen LogP contribution in [-0.2, 0) is 0 Å². The van der Waals surface area contributed by atoms with Crippen molar-refractivity contribution < 1.29 is 4.92 Å². The van der Waals surface area contributed by atoms with Crippen molar-refractivity contribution in [3.05, 3.63) is 75.4 Å². The van der Waals surface area contributed by atoms with E-state index in [1.165, 1.54) is 12.1 Å². The highest BCUT2D eigenvalue weighted by atomic mass is 32.1. The van der Waals surface area contributed by atoms with Crippen LogP contribution in [0.4, 0.5) is 5.69 Å². The van der Waals surface area contributed by atoms with E-state index >= 15 is 0 Å². The Bertz CT molecular complexity index is 853. The molecule has 0 saturated heterocycles. The zero-order valence-corrected chi connectivity index (χ0v) is 11.7. The Morgan fingerprint density at radius 1 is 1.05 bits per heavy atom. The lowest BCUT2D eigenvalue weighted by Crippen LogP contribution is -1.98. The van der Waals surface area contributed by atoms with Crippen molar-refractivity contribution in [3.63, 3.8) is 0 Å². The van der Waals surface area contributed by atoms with Gasteiger partial charge in [0.05, 0.1) is 16.3 Å². The fraction of sp³-hybridized carbons (Fsp3) is 0. The van der Waals surface area contributed by atoms with E-state index < -0.39 is 4.92 Å². The second-order valence-electron chi connectivity index (χ2n) is 4.49. The van der Waals surface area contributed by atoms with Gasteiger partial charge in [0, 0.05) is 18.2 Å². The molecule has 1 N–H and O–H groups in total. The molecule has 0 aliphatic heterocycles. The minimum absolute atomic E-state index is 0.0326. The van der Waals surface area contributed by atoms with Crippen molar-refractivity contribution in [2.75, 3.05) is 0 Å². The molecule has 5 nitrogen and oxygen atoms in total. The summed E-state index contributed by atoms with van der Waals surface area (Å²) >= 11 is 5.33. The van der Waals surface area contributed by atoms with Crippen LogP contribution in [0.1, 0.15) is 0 Å². The molecule has 104 valence electrons. The van der Waals surface area contributed by atoms with Gasteiger partial charge in [0.15, 0.2) is 0 Å². The number of benzene rings is 2. The highest BCUT2D eigenvalue weighted by molar-refractivity contribution is 7.71. The van der Waals surface area contributed by atoms with Crippen molar-refractivity contribution in [1.82, 2.24) is 9.78 Å². The van der Waals surface area contributed by atoms with Crippen LogP contribution in [0.3, 0.4) is 0 Å². The number of aromatic amines is 1. The van der Waals surface area contributed by atoms with Gasteiger partial charge in [-0.1, -0.05) is 48.6 Å². The molecule has 0 radical (unpaired) electrons. The highest BCUT2D eigenvalue weighted by Crippen LogP contribution is 2.21. The summed E-state index contributed by atoms with van der Waals surface area (Å²) in [5.74, 6) is 0. The number of aromatic nitrogens is 2. The smallest absolute Gasteiger partial charge is 0.271 e. The highest BCUT2D eigenvalue weighted by Gasteiger charge is 2.09. The Kier molecular flexibility index (Phi) is 3.37. The second kappa shape index (κ2) is 5.34. The first kappa shape index (κ1) is 13.3. The monoisotopic (exact) mass is 297 g/mol. The molecule has 3 aromatic rings. The molecular formula is C15H11N3O2S. The topological polar surface area (TPSA) is 63.9 Å². The lowest BCUT2D eigenvalue weighted by molar-refractivity contribution is -0.384. The van der Waals surface area contributed by atoms with Gasteiger partial charge in [0.2, 0.25) is 0 Å². The molecule has 0 aliphatic rings. The minimum atomic E-state index is -0.422. The fourth-order valence-electron chi connectivity index (χ4n) is 2.10. The Morgan fingerprint density at radius 3 is 2.52 bits per heavy atom. The van der Waals surface area contributed by atoms with Crippen molar-refractivity contribution >= 4 is 17.9 Å². The van der Waals surface area contributed by atoms with E-state index in [0.717, 1.165) is 11.3 Å². The maximum Gasteiger partial charge on any atom is 0.271 e. The van der Waals surface area contributed by atoms with Gasteiger partial charge >= 0.3 is 0 Å². The van der Waals surface area contributed by atoms with Crippen LogP contribution in [0.5, 0.6) is 0 Å². The largest absolute Gasteiger partial charge is 0.292 e. The zero-order chi connectivity index (χ0) is 14.8. The molecule has 0 spiro atoms. The van der Waals surface area contributed by atoms with Gasteiger partial charge in [0.1, 0.15) is 4.64 Å². The predicted octanol–water partition coefficient (Wildman–Crippen LogP) is 4.11. The first-order chi connectivity index (χ1) is 10.1. The second-order valence-corrected chi connectivity index (χ2v) is 4.90. The third-order valence-electron chi connectivity index (χ3n) is 3.10. The van der Waals surface area contributed by atoms with Crippen LogP contribution in [0.15, 0.2) is 60.7 Å². The summed E-state index contributed by atoms with van der Waals surface area (Å²) in [6.45, 7) is 0. The molecule has 21 heavy (non-hydrogen) atoms. The number of rotatable bonds is 3. The number of nitrogens with zero attached hydrogens (tertiary/aromatic N) is 2. The van der Waals surface area contributed by atoms with E-state index in [1.54, 1.807) is 16.8 Å². The summed E-state index contributed by atoms with van der Waals surface area (Å²) < 4.78 is 2.22. The van der Waals surface area contributed by atoms with E-state index in [2.05, 4.69) is 5.10 Å². The van der Waals surface area contributed by atoms with E-state index in [9.17, 15) is 10.1 Å². The number of hydrogen-bond donors (Lipinski definition) is 1. The normalized spacial score (nSPS) is 10.5. The van der Waals surface area contributed by atoms with Crippen molar-refractivity contribution in [2.24, 2.45) is 0 Å². The average molecular weight is 297 g/mol. The molecule has 6 heteroatoms. The summed E-state index contributed by atoms with van der Waals surface area (Å²) in [7, 11) is 0. The molecule has 0 bridgehead atoms. The van der Waals surface area contributed by atoms with Gasteiger partial charge in [-0.2, -0.15) is 0 Å². The molecule has 0 unspecified atom stereocenters. The van der Waals surface area contributed by atoms with Gasteiger partial charge in [-0.15, -0.1) is 0 Å². The molecule has 2 aromatic carbocycles. The minimum Gasteiger partial charge on any atom is -0.292 e. The SMILES string of the molecule is O=[N+]([O-])c1cccc(-n2[nH]c(-c3ccccc3)cc2=S)c1. The summed E-state index contributed by atoms with van der Waals surface area (Å²) in [4.78, 5) is 10.4. The van der Waals surface area contributed by atoms with Gasteiger partial charge in [-0.3, -0.25) is 15.2 Å². The van der Waals surface area contributed by atoms with Crippen LogP contribution < -0.4 is 0 Å². The maximum absolute atomic E-state index is 10.9. The Hall–Kier alpha value is -2.73. The molecule has 1 heterocycles. The van der Waals surface area contributed by atoms with Crippen molar-refractivity contribution in [3.8, 4) is 16.9 Å². The number of H-pyrrole nitrogens is 1. The Balaban J connectivity index is 2.08. The zero-order valence-electron chi connectivity index (χ0n) is 10.9. The van der Waals surface area contributed by atoms with Gasteiger partial charge in [-0.05, 0) is 11.6 Å². The molecule has 1 aromatic heterocycles. The van der Waals surface area contributed by atoms with Crippen LogP contribution in [0.25, 0.3) is 16.9 Å². The molecule has 3 rings (SSSR count). The van der Waals surface area contributed by atoms with Gasteiger partial charge < -0.3 is 0 Å². The first-order valence-corrected chi connectivity index (χ1v) is 6.68. The maximum atomic E-state index is 10.9. The predicted molar refractivity (Wildman–Crippen MR) is 83.0 cm³/mol. The molecular weight excluding hydrogens is 286 g/mol. The summed E-state index contributed by atoms with van der Waals surface area (Å²) in [5.41, 5.74) is 2.54. The first-order valence-electron chi connectivity index (χ1n) is 6.27. The molecule has 0 aliphatic carbocycles. The van der Waals surface area contributed by atoms with Crippen LogP contribution in [0.2, 0.25) is 0 Å². The lowest BCUT2D eigenvalue weighted by Gasteiger charge is -2.03. The number of non-ortho nitro benzene ring substituents is 1. The average Bonchev–Trinajstić information content (AvgIpc) is 2.90. The van der Waals surface area contributed by atoms with Crippen LogP contribution in [0, 0.1) is 14.8 Å². The van der Waals surface area contributed by atoms with Crippen LogP contribution >= 0.6 is 12.2 Å². The van der Waals surface area contributed by atoms with Gasteiger partial charge in [0.25, 0.3) is 5.69 Å². The van der Waals surface area contributed by atoms with E-state index in [4.69, 9.17) is 12.2 Å². The quantitative estimate of drug-likeness (QED) is 0.449. The number of nitro groups is 1. The third-order valence-corrected chi connectivity index (χ3v) is 3.40. The number of hydrogen-bond acceptors (Lipinski definition) is 3. The van der Waals surface area contributed by atoms with E-state index in [0.29, 0.717) is 10.3 Å². The summed E-state index contributed by atoms with van der Waals surface area (Å²) in [5, 5.41) is 14.0. The molecule has 0 saturated carbocycles. The number of nitrogens with one attached hydrogen (secondary N) is 1. The van der Waals surface area contributed by atoms with Gasteiger partial charge in [-0.25, -0.2) is 4.68 Å². The molecule has 0 atom stereocenters. The van der Waals surface area contributed by atoms with Crippen molar-refractivity contribution in [1.29, 1.82) is 0 Å².